The Balaban J connectivity index is 4.22. The van der Waals surface area contributed by atoms with E-state index in [0.29, 0.717) is 0 Å². The fourth-order valence-corrected chi connectivity index (χ4v) is 1.10. The first kappa shape index (κ1) is 10.4. The molecule has 0 rings (SSSR count). The zero-order chi connectivity index (χ0) is 9.02. The molecular formula is C7H15NO3. The van der Waals surface area contributed by atoms with E-state index in [1.165, 1.54) is 0 Å². The van der Waals surface area contributed by atoms with Crippen molar-refractivity contribution in [1.29, 1.82) is 0 Å². The van der Waals surface area contributed by atoms with Crippen molar-refractivity contribution in [2.24, 2.45) is 17.7 Å². The van der Waals surface area contributed by atoms with E-state index in [9.17, 15) is 4.79 Å². The molecule has 2 atom stereocenters. The highest BCUT2D eigenvalue weighted by atomic mass is 16.7. The second-order valence-electron chi connectivity index (χ2n) is 2.95. The van der Waals surface area contributed by atoms with Crippen LogP contribution in [0.1, 0.15) is 20.8 Å². The number of carbonyl (C=O) groups excluding carboxylic acids is 1. The van der Waals surface area contributed by atoms with Crippen LogP contribution in [0.5, 0.6) is 0 Å². The molecule has 0 aliphatic rings. The van der Waals surface area contributed by atoms with Crippen LogP contribution in [-0.2, 0) is 9.63 Å². The van der Waals surface area contributed by atoms with Gasteiger partial charge in [0.25, 0.3) is 0 Å². The van der Waals surface area contributed by atoms with E-state index < -0.39 is 18.0 Å². The summed E-state index contributed by atoms with van der Waals surface area (Å²) in [6, 6.07) is 0. The molecule has 0 aromatic carbocycles. The Labute approximate surface area is 66.3 Å². The van der Waals surface area contributed by atoms with E-state index in [-0.39, 0.29) is 5.92 Å². The molecule has 0 aliphatic heterocycles. The maximum absolute atomic E-state index is 10.9. The van der Waals surface area contributed by atoms with Crippen molar-refractivity contribution < 1.29 is 14.7 Å². The Morgan fingerprint density at radius 3 is 2.00 bits per heavy atom. The Bertz CT molecular complexity index is 126. The van der Waals surface area contributed by atoms with Crippen molar-refractivity contribution in [2.75, 3.05) is 0 Å². The number of aliphatic hydroxyl groups is 1. The summed E-state index contributed by atoms with van der Waals surface area (Å²) in [4.78, 5) is 14.9. The lowest BCUT2D eigenvalue weighted by Crippen LogP contribution is -2.33. The third-order valence-corrected chi connectivity index (χ3v) is 1.63. The van der Waals surface area contributed by atoms with Gasteiger partial charge in [0, 0.05) is 0 Å². The van der Waals surface area contributed by atoms with Gasteiger partial charge in [0.2, 0.25) is 0 Å². The molecule has 1 unspecified atom stereocenters. The number of hydrogen-bond donors (Lipinski definition) is 2. The van der Waals surface area contributed by atoms with Crippen molar-refractivity contribution in [1.82, 2.24) is 0 Å². The maximum Gasteiger partial charge on any atom is 0.330 e. The van der Waals surface area contributed by atoms with Crippen molar-refractivity contribution in [3.05, 3.63) is 0 Å². The SMILES string of the molecule is CC(C)[C@H](C(=O)ON)C(C)O. The highest BCUT2D eigenvalue weighted by Crippen LogP contribution is 2.16. The maximum atomic E-state index is 10.9. The van der Waals surface area contributed by atoms with E-state index in [2.05, 4.69) is 10.7 Å². The third-order valence-electron chi connectivity index (χ3n) is 1.63. The van der Waals surface area contributed by atoms with E-state index in [4.69, 9.17) is 5.11 Å². The van der Waals surface area contributed by atoms with Gasteiger partial charge in [-0.15, -0.1) is 0 Å². The van der Waals surface area contributed by atoms with Gasteiger partial charge in [0.1, 0.15) is 0 Å². The molecule has 0 aromatic heterocycles. The minimum Gasteiger partial charge on any atom is -0.393 e. The third kappa shape index (κ3) is 2.86. The fraction of sp³-hybridized carbons (Fsp3) is 0.857. The molecule has 0 saturated heterocycles. The molecule has 0 fully saturated rings. The van der Waals surface area contributed by atoms with Crippen LogP contribution in [0.3, 0.4) is 0 Å². The molecule has 11 heavy (non-hydrogen) atoms. The predicted octanol–water partition coefficient (Wildman–Crippen LogP) is 0.0563. The minimum absolute atomic E-state index is 0.0334. The van der Waals surface area contributed by atoms with Gasteiger partial charge in [-0.25, -0.2) is 4.79 Å². The quantitative estimate of drug-likeness (QED) is 0.574. The summed E-state index contributed by atoms with van der Waals surface area (Å²) in [6.07, 6.45) is -0.717. The molecule has 0 radical (unpaired) electrons. The van der Waals surface area contributed by atoms with E-state index in [0.717, 1.165) is 0 Å². The fourth-order valence-electron chi connectivity index (χ4n) is 1.10. The first-order chi connectivity index (χ1) is 5.00. The summed E-state index contributed by atoms with van der Waals surface area (Å²) in [5.41, 5.74) is 0. The van der Waals surface area contributed by atoms with Crippen LogP contribution in [0.15, 0.2) is 0 Å². The molecule has 4 heteroatoms. The number of aliphatic hydroxyl groups excluding tert-OH is 1. The summed E-state index contributed by atoms with van der Waals surface area (Å²) in [5.74, 6) is 3.63. The van der Waals surface area contributed by atoms with Crippen LogP contribution in [0, 0.1) is 11.8 Å². The molecule has 0 amide bonds. The van der Waals surface area contributed by atoms with Gasteiger partial charge < -0.3 is 9.94 Å². The number of hydrogen-bond acceptors (Lipinski definition) is 4. The van der Waals surface area contributed by atoms with Gasteiger partial charge in [-0.3, -0.25) is 0 Å². The minimum atomic E-state index is -0.717. The van der Waals surface area contributed by atoms with Crippen LogP contribution >= 0.6 is 0 Å². The summed E-state index contributed by atoms with van der Waals surface area (Å²) in [7, 11) is 0. The zero-order valence-corrected chi connectivity index (χ0v) is 7.07. The van der Waals surface area contributed by atoms with Gasteiger partial charge in [-0.1, -0.05) is 13.8 Å². The molecule has 66 valence electrons. The number of rotatable bonds is 3. The summed E-state index contributed by atoms with van der Waals surface area (Å²) < 4.78 is 0. The predicted molar refractivity (Wildman–Crippen MR) is 40.3 cm³/mol. The van der Waals surface area contributed by atoms with Crippen molar-refractivity contribution in [2.45, 2.75) is 26.9 Å². The van der Waals surface area contributed by atoms with Gasteiger partial charge in [-0.05, 0) is 12.8 Å². The lowest BCUT2D eigenvalue weighted by atomic mass is 9.91. The topological polar surface area (TPSA) is 72.5 Å². The molecule has 3 N–H and O–H groups in total. The normalized spacial score (nSPS) is 16.2. The second-order valence-corrected chi connectivity index (χ2v) is 2.95. The largest absolute Gasteiger partial charge is 0.393 e. The molecule has 0 saturated carbocycles. The smallest absolute Gasteiger partial charge is 0.330 e. The molecule has 0 heterocycles. The van der Waals surface area contributed by atoms with Crippen molar-refractivity contribution in [3.8, 4) is 0 Å². The van der Waals surface area contributed by atoms with E-state index in [1.54, 1.807) is 6.92 Å². The number of carbonyl (C=O) groups is 1. The highest BCUT2D eigenvalue weighted by Gasteiger charge is 2.27. The zero-order valence-electron chi connectivity index (χ0n) is 7.07. The highest BCUT2D eigenvalue weighted by molar-refractivity contribution is 5.72. The van der Waals surface area contributed by atoms with Gasteiger partial charge in [0.05, 0.1) is 12.0 Å². The van der Waals surface area contributed by atoms with E-state index in [1.807, 2.05) is 13.8 Å². The molecule has 0 bridgehead atoms. The summed E-state index contributed by atoms with van der Waals surface area (Å²) >= 11 is 0. The Morgan fingerprint density at radius 2 is 1.91 bits per heavy atom. The van der Waals surface area contributed by atoms with Crippen molar-refractivity contribution >= 4 is 5.97 Å². The summed E-state index contributed by atoms with van der Waals surface area (Å²) in [5, 5.41) is 9.13. The molecule has 4 nitrogen and oxygen atoms in total. The average Bonchev–Trinajstić information content (AvgIpc) is 1.85. The lowest BCUT2D eigenvalue weighted by Gasteiger charge is -2.19. The first-order valence-electron chi connectivity index (χ1n) is 3.59. The van der Waals surface area contributed by atoms with Gasteiger partial charge in [0.15, 0.2) is 0 Å². The second kappa shape index (κ2) is 4.31. The first-order valence-corrected chi connectivity index (χ1v) is 3.59. The van der Waals surface area contributed by atoms with Crippen molar-refractivity contribution in [3.63, 3.8) is 0 Å². The Hall–Kier alpha value is -0.610. The van der Waals surface area contributed by atoms with Crippen LogP contribution < -0.4 is 5.90 Å². The van der Waals surface area contributed by atoms with Crippen LogP contribution in [0.25, 0.3) is 0 Å². The molecule has 0 aliphatic carbocycles. The lowest BCUT2D eigenvalue weighted by molar-refractivity contribution is -0.154. The summed E-state index contributed by atoms with van der Waals surface area (Å²) in [6.45, 7) is 5.20. The number of nitrogens with two attached hydrogens (primary N) is 1. The molecule has 0 aromatic rings. The Kier molecular flexibility index (Phi) is 4.07. The standard InChI is InChI=1S/C7H15NO3/c1-4(2)6(5(3)9)7(10)11-8/h4-6,9H,8H2,1-3H3/t5?,6-/m0/s1. The Morgan fingerprint density at radius 1 is 1.45 bits per heavy atom. The van der Waals surface area contributed by atoms with Crippen LogP contribution in [0.2, 0.25) is 0 Å². The van der Waals surface area contributed by atoms with Gasteiger partial charge >= 0.3 is 5.97 Å². The van der Waals surface area contributed by atoms with Gasteiger partial charge in [-0.2, -0.15) is 5.90 Å². The van der Waals surface area contributed by atoms with Crippen LogP contribution in [0.4, 0.5) is 0 Å². The monoisotopic (exact) mass is 161 g/mol. The average molecular weight is 161 g/mol. The molecular weight excluding hydrogens is 146 g/mol. The molecule has 0 spiro atoms. The van der Waals surface area contributed by atoms with E-state index >= 15 is 0 Å². The van der Waals surface area contributed by atoms with Crippen LogP contribution in [-0.4, -0.2) is 17.2 Å².